The number of pyridine rings is 1. The predicted molar refractivity (Wildman–Crippen MR) is 76.1 cm³/mol. The number of hydrazine groups is 1. The number of anilines is 1. The molecule has 3 N–H and O–H groups in total. The van der Waals surface area contributed by atoms with Crippen LogP contribution in [0, 0.1) is 6.92 Å². The monoisotopic (exact) mass is 293 g/mol. The number of fused-ring (bicyclic) bond motifs is 1. The molecule has 0 spiro atoms. The van der Waals surface area contributed by atoms with Gasteiger partial charge in [-0.25, -0.2) is 10.8 Å². The molecule has 2 aromatic rings. The molecule has 1 heterocycles. The number of nitrogens with two attached hydrogens (primary N) is 1. The van der Waals surface area contributed by atoms with Gasteiger partial charge in [0.05, 0.1) is 5.52 Å². The first-order chi connectivity index (χ1) is 8.02. The first-order valence-corrected chi connectivity index (χ1v) is 6.39. The molecule has 0 aliphatic rings. The Morgan fingerprint density at radius 2 is 2.00 bits per heavy atom. The molecule has 2 rings (SSSR count). The number of halogens is 1. The van der Waals surface area contributed by atoms with Gasteiger partial charge in [-0.3, -0.25) is 0 Å². The van der Waals surface area contributed by atoms with E-state index in [4.69, 9.17) is 5.84 Å². The van der Waals surface area contributed by atoms with Crippen LogP contribution in [0.3, 0.4) is 0 Å². The zero-order valence-electron chi connectivity index (χ0n) is 10.2. The van der Waals surface area contributed by atoms with E-state index in [1.807, 2.05) is 0 Å². The molecule has 0 saturated heterocycles. The smallest absolute Gasteiger partial charge is 0.144 e. The van der Waals surface area contributed by atoms with Crippen LogP contribution in [0.4, 0.5) is 5.82 Å². The second kappa shape index (κ2) is 4.63. The summed E-state index contributed by atoms with van der Waals surface area (Å²) in [6, 6.07) is 6.30. The van der Waals surface area contributed by atoms with E-state index in [0.29, 0.717) is 5.92 Å². The Hall–Kier alpha value is -1.13. The lowest BCUT2D eigenvalue weighted by atomic mass is 10.0. The second-order valence-corrected chi connectivity index (χ2v) is 5.44. The maximum atomic E-state index is 5.54. The quantitative estimate of drug-likeness (QED) is 0.655. The minimum Gasteiger partial charge on any atom is -0.308 e. The van der Waals surface area contributed by atoms with Gasteiger partial charge in [0.2, 0.25) is 0 Å². The Morgan fingerprint density at radius 3 is 2.59 bits per heavy atom. The number of rotatable bonds is 2. The number of hydrogen-bond acceptors (Lipinski definition) is 3. The number of nitrogen functional groups attached to an aromatic ring is 1. The fourth-order valence-electron chi connectivity index (χ4n) is 1.99. The minimum atomic E-state index is 0.386. The van der Waals surface area contributed by atoms with Crippen LogP contribution in [0.25, 0.3) is 10.9 Å². The molecule has 0 amide bonds. The summed E-state index contributed by atoms with van der Waals surface area (Å²) < 4.78 is 1.08. The predicted octanol–water partition coefficient (Wildman–Crippen LogP) is 3.71. The lowest BCUT2D eigenvalue weighted by Gasteiger charge is -2.14. The van der Waals surface area contributed by atoms with Gasteiger partial charge < -0.3 is 5.43 Å². The molecule has 0 aliphatic heterocycles. The topological polar surface area (TPSA) is 50.9 Å². The molecule has 0 aliphatic carbocycles. The number of aromatic nitrogens is 1. The normalized spacial score (nSPS) is 11.2. The molecular formula is C13H16BrN3. The highest BCUT2D eigenvalue weighted by molar-refractivity contribution is 9.10. The van der Waals surface area contributed by atoms with Crippen molar-refractivity contribution < 1.29 is 0 Å². The summed E-state index contributed by atoms with van der Waals surface area (Å²) in [6.45, 7) is 6.32. The summed E-state index contributed by atoms with van der Waals surface area (Å²) in [5.41, 5.74) is 5.96. The van der Waals surface area contributed by atoms with Crippen molar-refractivity contribution in [2.24, 2.45) is 5.84 Å². The van der Waals surface area contributed by atoms with E-state index in [9.17, 15) is 0 Å². The molecule has 0 radical (unpaired) electrons. The molecule has 17 heavy (non-hydrogen) atoms. The van der Waals surface area contributed by atoms with Crippen molar-refractivity contribution in [3.63, 3.8) is 0 Å². The van der Waals surface area contributed by atoms with E-state index >= 15 is 0 Å². The molecular weight excluding hydrogens is 278 g/mol. The third-order valence-corrected chi connectivity index (χ3v) is 3.32. The summed E-state index contributed by atoms with van der Waals surface area (Å²) in [7, 11) is 0. The van der Waals surface area contributed by atoms with Gasteiger partial charge in [0.1, 0.15) is 5.82 Å². The van der Waals surface area contributed by atoms with E-state index in [1.54, 1.807) is 0 Å². The van der Waals surface area contributed by atoms with Crippen molar-refractivity contribution in [3.05, 3.63) is 33.8 Å². The van der Waals surface area contributed by atoms with Crippen LogP contribution < -0.4 is 11.3 Å². The van der Waals surface area contributed by atoms with Gasteiger partial charge in [-0.05, 0) is 42.2 Å². The van der Waals surface area contributed by atoms with Gasteiger partial charge in [0.25, 0.3) is 0 Å². The number of nitrogens with zero attached hydrogens (tertiary/aromatic N) is 1. The second-order valence-electron chi connectivity index (χ2n) is 4.52. The molecule has 1 aromatic heterocycles. The standard InChI is InChI=1S/C13H16BrN3/c1-7(2)11-6-9-5-10(14)4-8(3)12(9)16-13(11)17-15/h4-7H,15H2,1-3H3,(H,16,17). The Morgan fingerprint density at radius 1 is 1.29 bits per heavy atom. The van der Waals surface area contributed by atoms with Crippen LogP contribution >= 0.6 is 15.9 Å². The van der Waals surface area contributed by atoms with E-state index in [-0.39, 0.29) is 0 Å². The molecule has 3 nitrogen and oxygen atoms in total. The average Bonchev–Trinajstić information content (AvgIpc) is 2.27. The third-order valence-electron chi connectivity index (χ3n) is 2.86. The van der Waals surface area contributed by atoms with Crippen molar-refractivity contribution in [2.45, 2.75) is 26.7 Å². The fourth-order valence-corrected chi connectivity index (χ4v) is 2.58. The first-order valence-electron chi connectivity index (χ1n) is 5.60. The Kier molecular flexibility index (Phi) is 3.35. The van der Waals surface area contributed by atoms with Crippen molar-refractivity contribution >= 4 is 32.7 Å². The first kappa shape index (κ1) is 12.3. The van der Waals surface area contributed by atoms with Crippen LogP contribution in [0.5, 0.6) is 0 Å². The molecule has 0 bridgehead atoms. The van der Waals surface area contributed by atoms with Crippen molar-refractivity contribution in [1.29, 1.82) is 0 Å². The maximum absolute atomic E-state index is 5.54. The molecule has 0 atom stereocenters. The summed E-state index contributed by atoms with van der Waals surface area (Å²) in [5.74, 6) is 6.69. The van der Waals surface area contributed by atoms with Crippen molar-refractivity contribution in [1.82, 2.24) is 4.98 Å². The van der Waals surface area contributed by atoms with Crippen LogP contribution in [0.15, 0.2) is 22.7 Å². The molecule has 1 aromatic carbocycles. The van der Waals surface area contributed by atoms with E-state index in [0.717, 1.165) is 32.3 Å². The summed E-state index contributed by atoms with van der Waals surface area (Å²) in [6.07, 6.45) is 0. The van der Waals surface area contributed by atoms with Crippen LogP contribution in [0.1, 0.15) is 30.9 Å². The molecule has 90 valence electrons. The summed E-state index contributed by atoms with van der Waals surface area (Å²) in [5, 5.41) is 1.14. The van der Waals surface area contributed by atoms with Crippen LogP contribution in [-0.2, 0) is 0 Å². The number of benzene rings is 1. The van der Waals surface area contributed by atoms with Gasteiger partial charge in [0.15, 0.2) is 0 Å². The Balaban J connectivity index is 2.78. The number of hydrogen-bond donors (Lipinski definition) is 2. The Labute approximate surface area is 110 Å². The van der Waals surface area contributed by atoms with Crippen molar-refractivity contribution in [2.75, 3.05) is 5.43 Å². The van der Waals surface area contributed by atoms with E-state index in [2.05, 4.69) is 65.3 Å². The lowest BCUT2D eigenvalue weighted by Crippen LogP contribution is -2.12. The van der Waals surface area contributed by atoms with Gasteiger partial charge in [0, 0.05) is 9.86 Å². The summed E-state index contributed by atoms with van der Waals surface area (Å²) >= 11 is 3.51. The SMILES string of the molecule is Cc1cc(Br)cc2cc(C(C)C)c(NN)nc12. The van der Waals surface area contributed by atoms with Crippen molar-refractivity contribution in [3.8, 4) is 0 Å². The average molecular weight is 294 g/mol. The summed E-state index contributed by atoms with van der Waals surface area (Å²) in [4.78, 5) is 4.60. The highest BCUT2D eigenvalue weighted by Gasteiger charge is 2.11. The highest BCUT2D eigenvalue weighted by atomic mass is 79.9. The fraction of sp³-hybridized carbons (Fsp3) is 0.308. The zero-order valence-corrected chi connectivity index (χ0v) is 11.8. The number of aryl methyl sites for hydroxylation is 1. The van der Waals surface area contributed by atoms with Crippen LogP contribution in [-0.4, -0.2) is 4.98 Å². The maximum Gasteiger partial charge on any atom is 0.144 e. The van der Waals surface area contributed by atoms with Gasteiger partial charge in [-0.2, -0.15) is 0 Å². The number of nitrogens with one attached hydrogen (secondary N) is 1. The van der Waals surface area contributed by atoms with Gasteiger partial charge >= 0.3 is 0 Å². The van der Waals surface area contributed by atoms with E-state index in [1.165, 1.54) is 0 Å². The largest absolute Gasteiger partial charge is 0.308 e. The minimum absolute atomic E-state index is 0.386. The third kappa shape index (κ3) is 2.28. The van der Waals surface area contributed by atoms with Gasteiger partial charge in [-0.15, -0.1) is 0 Å². The molecule has 0 saturated carbocycles. The van der Waals surface area contributed by atoms with Crippen LogP contribution in [0.2, 0.25) is 0 Å². The molecule has 0 fully saturated rings. The zero-order chi connectivity index (χ0) is 12.6. The highest BCUT2D eigenvalue weighted by Crippen LogP contribution is 2.29. The molecule has 0 unspecified atom stereocenters. The lowest BCUT2D eigenvalue weighted by molar-refractivity contribution is 0.862. The molecule has 4 heteroatoms. The van der Waals surface area contributed by atoms with Gasteiger partial charge in [-0.1, -0.05) is 29.8 Å². The van der Waals surface area contributed by atoms with E-state index < -0.39 is 0 Å². The Bertz CT molecular complexity index is 564.